The molecule has 0 aliphatic carbocycles. The van der Waals surface area contributed by atoms with E-state index in [2.05, 4.69) is 4.99 Å². The number of anilines is 1. The summed E-state index contributed by atoms with van der Waals surface area (Å²) in [4.78, 5) is 18.6. The number of para-hydroxylation sites is 1. The molecule has 0 bridgehead atoms. The summed E-state index contributed by atoms with van der Waals surface area (Å²) in [5.41, 5.74) is 1.98. The van der Waals surface area contributed by atoms with E-state index in [0.717, 1.165) is 17.7 Å². The largest absolute Gasteiger partial charge is 0.315 e. The Bertz CT molecular complexity index is 789. The highest BCUT2D eigenvalue weighted by Gasteiger charge is 2.49. The van der Waals surface area contributed by atoms with Gasteiger partial charge >= 0.3 is 0 Å². The molecule has 2 heterocycles. The van der Waals surface area contributed by atoms with Gasteiger partial charge in [-0.05, 0) is 25.0 Å². The SMILES string of the molecule is CC[C@@H](C)C(=O)N=C1S[C@H]2CS(=O)(=O)C[C@@H]2N1c1ccccc1C. The zero-order chi connectivity index (χ0) is 17.5. The van der Waals surface area contributed by atoms with Crippen LogP contribution in [-0.2, 0) is 14.6 Å². The summed E-state index contributed by atoms with van der Waals surface area (Å²) >= 11 is 1.43. The van der Waals surface area contributed by atoms with E-state index in [0.29, 0.717) is 5.17 Å². The minimum Gasteiger partial charge on any atom is -0.315 e. The second-order valence-electron chi connectivity index (χ2n) is 6.50. The minimum atomic E-state index is -3.03. The van der Waals surface area contributed by atoms with Gasteiger partial charge in [0.1, 0.15) is 0 Å². The fourth-order valence-electron chi connectivity index (χ4n) is 3.06. The highest BCUT2D eigenvalue weighted by molar-refractivity contribution is 8.16. The standard InChI is InChI=1S/C17H22N2O3S2/c1-4-11(2)16(20)18-17-19(13-8-6-5-7-12(13)3)14-9-24(21,22)10-15(14)23-17/h5-8,11,14-15H,4,9-10H2,1-3H3/t11-,14+,15+/m1/s1. The van der Waals surface area contributed by atoms with E-state index in [1.165, 1.54) is 11.8 Å². The Balaban J connectivity index is 2.02. The lowest BCUT2D eigenvalue weighted by Gasteiger charge is -2.26. The number of carbonyl (C=O) groups is 1. The number of thioether (sulfide) groups is 1. The Morgan fingerprint density at radius 2 is 2.08 bits per heavy atom. The van der Waals surface area contributed by atoms with E-state index in [9.17, 15) is 13.2 Å². The number of fused-ring (bicyclic) bond motifs is 1. The van der Waals surface area contributed by atoms with E-state index in [-0.39, 0.29) is 34.6 Å². The van der Waals surface area contributed by atoms with Crippen molar-refractivity contribution in [1.82, 2.24) is 0 Å². The number of benzene rings is 1. The number of aliphatic imine (C=N–C) groups is 1. The normalized spacial score (nSPS) is 28.1. The summed E-state index contributed by atoms with van der Waals surface area (Å²) in [5, 5.41) is 0.581. The van der Waals surface area contributed by atoms with Gasteiger partial charge in [0, 0.05) is 16.9 Å². The van der Waals surface area contributed by atoms with Crippen molar-refractivity contribution >= 4 is 38.4 Å². The van der Waals surface area contributed by atoms with E-state index < -0.39 is 9.84 Å². The van der Waals surface area contributed by atoms with Crippen LogP contribution < -0.4 is 4.90 Å². The van der Waals surface area contributed by atoms with Crippen molar-refractivity contribution in [2.24, 2.45) is 10.9 Å². The number of sulfone groups is 1. The lowest BCUT2D eigenvalue weighted by Crippen LogP contribution is -2.38. The zero-order valence-corrected chi connectivity index (χ0v) is 15.7. The molecule has 5 nitrogen and oxygen atoms in total. The maximum Gasteiger partial charge on any atom is 0.250 e. The predicted molar refractivity (Wildman–Crippen MR) is 99.4 cm³/mol. The molecule has 2 saturated heterocycles. The van der Waals surface area contributed by atoms with Gasteiger partial charge in [-0.2, -0.15) is 4.99 Å². The van der Waals surface area contributed by atoms with Gasteiger partial charge < -0.3 is 4.90 Å². The van der Waals surface area contributed by atoms with Crippen molar-refractivity contribution in [2.75, 3.05) is 16.4 Å². The fraction of sp³-hybridized carbons (Fsp3) is 0.529. The third kappa shape index (κ3) is 3.24. The molecule has 2 fully saturated rings. The molecule has 2 aliphatic heterocycles. The third-order valence-electron chi connectivity index (χ3n) is 4.68. The lowest BCUT2D eigenvalue weighted by atomic mass is 10.1. The first kappa shape index (κ1) is 17.5. The Kier molecular flexibility index (Phi) is 4.75. The molecule has 0 saturated carbocycles. The molecule has 24 heavy (non-hydrogen) atoms. The lowest BCUT2D eigenvalue weighted by molar-refractivity contribution is -0.121. The van der Waals surface area contributed by atoms with Crippen molar-refractivity contribution in [1.29, 1.82) is 0 Å². The topological polar surface area (TPSA) is 66.8 Å². The van der Waals surface area contributed by atoms with E-state index in [1.807, 2.05) is 49.9 Å². The van der Waals surface area contributed by atoms with Crippen molar-refractivity contribution in [2.45, 2.75) is 38.5 Å². The van der Waals surface area contributed by atoms with Crippen LogP contribution in [0.5, 0.6) is 0 Å². The summed E-state index contributed by atoms with van der Waals surface area (Å²) in [6, 6.07) is 7.69. The van der Waals surface area contributed by atoms with Crippen LogP contribution in [0.3, 0.4) is 0 Å². The molecule has 130 valence electrons. The van der Waals surface area contributed by atoms with Crippen molar-refractivity contribution < 1.29 is 13.2 Å². The number of nitrogens with zero attached hydrogens (tertiary/aromatic N) is 2. The quantitative estimate of drug-likeness (QED) is 0.823. The highest BCUT2D eigenvalue weighted by Crippen LogP contribution is 2.41. The smallest absolute Gasteiger partial charge is 0.250 e. The van der Waals surface area contributed by atoms with Gasteiger partial charge in [0.2, 0.25) is 0 Å². The first-order valence-corrected chi connectivity index (χ1v) is 10.9. The molecule has 1 amide bonds. The second kappa shape index (κ2) is 6.52. The molecule has 2 aliphatic rings. The summed E-state index contributed by atoms with van der Waals surface area (Å²) in [6.45, 7) is 5.82. The maximum absolute atomic E-state index is 12.3. The van der Waals surface area contributed by atoms with Crippen LogP contribution in [0.15, 0.2) is 29.3 Å². The van der Waals surface area contributed by atoms with Gasteiger partial charge in [-0.3, -0.25) is 4.79 Å². The molecule has 1 aromatic rings. The Morgan fingerprint density at radius 1 is 1.38 bits per heavy atom. The van der Waals surface area contributed by atoms with E-state index in [4.69, 9.17) is 0 Å². The molecule has 3 atom stereocenters. The molecule has 3 rings (SSSR count). The number of amides is 1. The molecular formula is C17H22N2O3S2. The van der Waals surface area contributed by atoms with Gasteiger partial charge in [0.25, 0.3) is 5.91 Å². The predicted octanol–water partition coefficient (Wildman–Crippen LogP) is 2.64. The van der Waals surface area contributed by atoms with Crippen LogP contribution in [0.2, 0.25) is 0 Å². The van der Waals surface area contributed by atoms with Gasteiger partial charge in [-0.15, -0.1) is 0 Å². The molecule has 0 aromatic heterocycles. The van der Waals surface area contributed by atoms with Gasteiger partial charge in [0.05, 0.1) is 17.5 Å². The monoisotopic (exact) mass is 366 g/mol. The van der Waals surface area contributed by atoms with E-state index >= 15 is 0 Å². The molecule has 0 unspecified atom stereocenters. The Labute approximate surface area is 147 Å². The first-order chi connectivity index (χ1) is 11.3. The summed E-state index contributed by atoms with van der Waals surface area (Å²) in [5.74, 6) is 0.0129. The summed E-state index contributed by atoms with van der Waals surface area (Å²) < 4.78 is 24.1. The van der Waals surface area contributed by atoms with Crippen molar-refractivity contribution in [3.63, 3.8) is 0 Å². The third-order valence-corrected chi connectivity index (χ3v) is 7.89. The zero-order valence-electron chi connectivity index (χ0n) is 14.1. The van der Waals surface area contributed by atoms with Crippen LogP contribution in [0.25, 0.3) is 0 Å². The number of hydrogen-bond donors (Lipinski definition) is 0. The average molecular weight is 367 g/mol. The summed E-state index contributed by atoms with van der Waals surface area (Å²) in [7, 11) is -3.03. The first-order valence-electron chi connectivity index (χ1n) is 8.17. The molecule has 0 radical (unpaired) electrons. The molecule has 0 spiro atoms. The highest BCUT2D eigenvalue weighted by atomic mass is 32.2. The molecule has 0 N–H and O–H groups in total. The Morgan fingerprint density at radius 3 is 2.75 bits per heavy atom. The maximum atomic E-state index is 12.3. The Hall–Kier alpha value is -1.34. The minimum absolute atomic E-state index is 0.0573. The van der Waals surface area contributed by atoms with Crippen LogP contribution in [-0.4, -0.2) is 42.3 Å². The average Bonchev–Trinajstić information content (AvgIpc) is 2.98. The molecular weight excluding hydrogens is 344 g/mol. The number of aryl methyl sites for hydroxylation is 1. The summed E-state index contributed by atoms with van der Waals surface area (Å²) in [6.07, 6.45) is 0.742. The number of amidine groups is 1. The van der Waals surface area contributed by atoms with Crippen LogP contribution in [0.4, 0.5) is 5.69 Å². The molecule has 1 aromatic carbocycles. The van der Waals surface area contributed by atoms with Gasteiger partial charge in [-0.1, -0.05) is 43.8 Å². The number of rotatable bonds is 3. The van der Waals surface area contributed by atoms with E-state index in [1.54, 1.807) is 0 Å². The van der Waals surface area contributed by atoms with Crippen LogP contribution >= 0.6 is 11.8 Å². The number of carbonyl (C=O) groups excluding carboxylic acids is 1. The number of hydrogen-bond acceptors (Lipinski definition) is 4. The van der Waals surface area contributed by atoms with Gasteiger partial charge in [-0.25, -0.2) is 8.42 Å². The van der Waals surface area contributed by atoms with Gasteiger partial charge in [0.15, 0.2) is 15.0 Å². The van der Waals surface area contributed by atoms with Crippen LogP contribution in [0, 0.1) is 12.8 Å². The second-order valence-corrected chi connectivity index (χ2v) is 9.86. The van der Waals surface area contributed by atoms with Crippen LogP contribution in [0.1, 0.15) is 25.8 Å². The molecule has 7 heteroatoms. The van der Waals surface area contributed by atoms with Crippen molar-refractivity contribution in [3.8, 4) is 0 Å². The fourth-order valence-corrected chi connectivity index (χ4v) is 6.97. The van der Waals surface area contributed by atoms with Crippen molar-refractivity contribution in [3.05, 3.63) is 29.8 Å².